The minimum atomic E-state index is -0.305. The van der Waals surface area contributed by atoms with Crippen molar-refractivity contribution in [1.82, 2.24) is 14.7 Å². The Kier molecular flexibility index (Phi) is 7.74. The first-order chi connectivity index (χ1) is 14.0. The van der Waals surface area contributed by atoms with Crippen LogP contribution in [0.15, 0.2) is 30.3 Å². The van der Waals surface area contributed by atoms with Crippen molar-refractivity contribution in [3.63, 3.8) is 0 Å². The van der Waals surface area contributed by atoms with Crippen LogP contribution < -0.4 is 0 Å². The van der Waals surface area contributed by atoms with Crippen molar-refractivity contribution in [2.24, 2.45) is 0 Å². The lowest BCUT2D eigenvalue weighted by Crippen LogP contribution is -2.60. The molecule has 3 heterocycles. The predicted molar refractivity (Wildman–Crippen MR) is 116 cm³/mol. The van der Waals surface area contributed by atoms with Gasteiger partial charge in [0.05, 0.1) is 38.0 Å². The van der Waals surface area contributed by atoms with Crippen molar-refractivity contribution in [2.45, 2.75) is 31.5 Å². The van der Waals surface area contributed by atoms with Crippen LogP contribution in [-0.4, -0.2) is 97.2 Å². The van der Waals surface area contributed by atoms with Gasteiger partial charge in [-0.05, 0) is 31.9 Å². The Morgan fingerprint density at radius 3 is 2.37 bits per heavy atom. The van der Waals surface area contributed by atoms with Gasteiger partial charge in [0.1, 0.15) is 0 Å². The standard InChI is InChI=1S/C22H31N3O4.ClH/c1-18-15-25(21(27)19-5-3-2-4-6-19)17-22(29-18)7-9-23(10-8-22)16-20(26)24-11-13-28-14-12-24;/h2-6,18H,7-17H2,1H3;1H. The molecule has 0 saturated carbocycles. The van der Waals surface area contributed by atoms with Crippen LogP contribution >= 0.6 is 12.4 Å². The molecule has 7 nitrogen and oxygen atoms in total. The molecule has 0 bridgehead atoms. The number of carbonyl (C=O) groups excluding carboxylic acids is 2. The maximum atomic E-state index is 13.0. The molecule has 0 N–H and O–H groups in total. The second kappa shape index (κ2) is 10.1. The van der Waals surface area contributed by atoms with Gasteiger partial charge in [-0.25, -0.2) is 0 Å². The molecule has 1 unspecified atom stereocenters. The summed E-state index contributed by atoms with van der Waals surface area (Å²) in [6.45, 7) is 8.01. The van der Waals surface area contributed by atoms with Crippen LogP contribution in [0.25, 0.3) is 0 Å². The SMILES string of the molecule is CC1CN(C(=O)c2ccccc2)CC2(CCN(CC(=O)N3CCOCC3)CC2)O1.Cl. The molecule has 3 aliphatic rings. The van der Waals surface area contributed by atoms with E-state index >= 15 is 0 Å². The Labute approximate surface area is 184 Å². The fourth-order valence-electron chi connectivity index (χ4n) is 4.64. The molecule has 1 atom stereocenters. The minimum absolute atomic E-state index is 0. The molecule has 2 amide bonds. The van der Waals surface area contributed by atoms with E-state index in [4.69, 9.17) is 9.47 Å². The molecule has 1 aromatic rings. The molecule has 3 fully saturated rings. The third-order valence-corrected chi connectivity index (χ3v) is 6.21. The Bertz CT molecular complexity index is 718. The molecule has 3 aliphatic heterocycles. The monoisotopic (exact) mass is 437 g/mol. The fourth-order valence-corrected chi connectivity index (χ4v) is 4.64. The van der Waals surface area contributed by atoms with E-state index in [0.29, 0.717) is 45.9 Å². The molecular weight excluding hydrogens is 406 g/mol. The first kappa shape index (κ1) is 23.0. The van der Waals surface area contributed by atoms with Crippen LogP contribution in [-0.2, 0) is 14.3 Å². The number of carbonyl (C=O) groups is 2. The van der Waals surface area contributed by atoms with E-state index in [1.165, 1.54) is 0 Å². The van der Waals surface area contributed by atoms with Crippen molar-refractivity contribution < 1.29 is 19.1 Å². The van der Waals surface area contributed by atoms with E-state index < -0.39 is 0 Å². The molecule has 3 saturated heterocycles. The molecule has 30 heavy (non-hydrogen) atoms. The van der Waals surface area contributed by atoms with E-state index in [1.54, 1.807) is 0 Å². The summed E-state index contributed by atoms with van der Waals surface area (Å²) in [6, 6.07) is 9.46. The number of ether oxygens (including phenoxy) is 2. The molecule has 1 spiro atoms. The van der Waals surface area contributed by atoms with Crippen LogP contribution in [0.1, 0.15) is 30.1 Å². The highest BCUT2D eigenvalue weighted by Gasteiger charge is 2.43. The molecule has 166 valence electrons. The summed E-state index contributed by atoms with van der Waals surface area (Å²) >= 11 is 0. The van der Waals surface area contributed by atoms with Crippen molar-refractivity contribution in [3.05, 3.63) is 35.9 Å². The summed E-state index contributed by atoms with van der Waals surface area (Å²) < 4.78 is 11.7. The molecule has 1 aromatic carbocycles. The number of halogens is 1. The Balaban J connectivity index is 0.00000256. The predicted octanol–water partition coefficient (Wildman–Crippen LogP) is 1.66. The number of rotatable bonds is 3. The average Bonchev–Trinajstić information content (AvgIpc) is 2.76. The second-order valence-corrected chi connectivity index (χ2v) is 8.43. The van der Waals surface area contributed by atoms with Gasteiger partial charge in [-0.15, -0.1) is 12.4 Å². The van der Waals surface area contributed by atoms with Gasteiger partial charge in [0, 0.05) is 38.3 Å². The number of likely N-dealkylation sites (tertiary alicyclic amines) is 1. The number of piperidine rings is 1. The van der Waals surface area contributed by atoms with Crippen molar-refractivity contribution in [1.29, 1.82) is 0 Å². The zero-order chi connectivity index (χ0) is 20.3. The van der Waals surface area contributed by atoms with Gasteiger partial charge in [-0.3, -0.25) is 14.5 Å². The van der Waals surface area contributed by atoms with Gasteiger partial charge in [0.25, 0.3) is 5.91 Å². The summed E-state index contributed by atoms with van der Waals surface area (Å²) in [4.78, 5) is 31.5. The first-order valence-electron chi connectivity index (χ1n) is 10.6. The Hall–Kier alpha value is -1.67. The van der Waals surface area contributed by atoms with Gasteiger partial charge in [0.2, 0.25) is 5.91 Å². The lowest BCUT2D eigenvalue weighted by Gasteiger charge is -2.49. The quantitative estimate of drug-likeness (QED) is 0.719. The van der Waals surface area contributed by atoms with Gasteiger partial charge < -0.3 is 19.3 Å². The van der Waals surface area contributed by atoms with Crippen LogP contribution in [0.2, 0.25) is 0 Å². The third-order valence-electron chi connectivity index (χ3n) is 6.21. The van der Waals surface area contributed by atoms with Crippen LogP contribution in [0.3, 0.4) is 0 Å². The number of benzene rings is 1. The smallest absolute Gasteiger partial charge is 0.254 e. The zero-order valence-electron chi connectivity index (χ0n) is 17.6. The number of morpholine rings is 2. The number of amides is 2. The molecule has 8 heteroatoms. The highest BCUT2D eigenvalue weighted by atomic mass is 35.5. The van der Waals surface area contributed by atoms with Gasteiger partial charge in [-0.2, -0.15) is 0 Å². The van der Waals surface area contributed by atoms with E-state index in [9.17, 15) is 9.59 Å². The molecule has 0 aromatic heterocycles. The second-order valence-electron chi connectivity index (χ2n) is 8.43. The normalized spacial score (nSPS) is 24.4. The minimum Gasteiger partial charge on any atom is -0.378 e. The highest BCUT2D eigenvalue weighted by molar-refractivity contribution is 5.94. The average molecular weight is 438 g/mol. The van der Waals surface area contributed by atoms with Gasteiger partial charge in [-0.1, -0.05) is 18.2 Å². The number of hydrogen-bond donors (Lipinski definition) is 0. The summed E-state index contributed by atoms with van der Waals surface area (Å²) in [7, 11) is 0. The lowest BCUT2D eigenvalue weighted by atomic mass is 9.88. The fraction of sp³-hybridized carbons (Fsp3) is 0.636. The largest absolute Gasteiger partial charge is 0.378 e. The molecule has 0 aliphatic carbocycles. The number of hydrogen-bond acceptors (Lipinski definition) is 5. The van der Waals surface area contributed by atoms with Gasteiger partial charge in [0.15, 0.2) is 0 Å². The maximum absolute atomic E-state index is 13.0. The Morgan fingerprint density at radius 2 is 1.70 bits per heavy atom. The lowest BCUT2D eigenvalue weighted by molar-refractivity contribution is -0.163. The molecular formula is C22H32ClN3O4. The van der Waals surface area contributed by atoms with E-state index in [0.717, 1.165) is 31.5 Å². The molecule has 0 radical (unpaired) electrons. The zero-order valence-corrected chi connectivity index (χ0v) is 18.4. The summed E-state index contributed by atoms with van der Waals surface area (Å²) in [5.41, 5.74) is 0.422. The summed E-state index contributed by atoms with van der Waals surface area (Å²) in [5, 5.41) is 0. The molecule has 4 rings (SSSR count). The summed E-state index contributed by atoms with van der Waals surface area (Å²) in [6.07, 6.45) is 1.69. The maximum Gasteiger partial charge on any atom is 0.254 e. The third kappa shape index (κ3) is 5.32. The number of nitrogens with zero attached hydrogens (tertiary/aromatic N) is 3. The first-order valence-corrected chi connectivity index (χ1v) is 10.6. The Morgan fingerprint density at radius 1 is 1.03 bits per heavy atom. The highest BCUT2D eigenvalue weighted by Crippen LogP contribution is 2.33. The summed E-state index contributed by atoms with van der Waals surface area (Å²) in [5.74, 6) is 0.258. The van der Waals surface area contributed by atoms with Crippen LogP contribution in [0.4, 0.5) is 0 Å². The van der Waals surface area contributed by atoms with Crippen LogP contribution in [0, 0.1) is 0 Å². The van der Waals surface area contributed by atoms with E-state index in [-0.39, 0.29) is 35.9 Å². The van der Waals surface area contributed by atoms with Gasteiger partial charge >= 0.3 is 0 Å². The van der Waals surface area contributed by atoms with Crippen LogP contribution in [0.5, 0.6) is 0 Å². The topological polar surface area (TPSA) is 62.3 Å². The van der Waals surface area contributed by atoms with Crippen molar-refractivity contribution in [3.8, 4) is 0 Å². The van der Waals surface area contributed by atoms with Crippen molar-refractivity contribution in [2.75, 3.05) is 59.0 Å². The van der Waals surface area contributed by atoms with E-state index in [2.05, 4.69) is 4.90 Å². The van der Waals surface area contributed by atoms with Crippen molar-refractivity contribution >= 4 is 24.2 Å². The van der Waals surface area contributed by atoms with E-state index in [1.807, 2.05) is 47.1 Å².